The zero-order chi connectivity index (χ0) is 32.1. The summed E-state index contributed by atoms with van der Waals surface area (Å²) in [5.41, 5.74) is 6.13. The van der Waals surface area contributed by atoms with E-state index in [1.54, 1.807) is 0 Å². The number of ether oxygens (including phenoxy) is 1. The monoisotopic (exact) mass is 582 g/mol. The van der Waals surface area contributed by atoms with Gasteiger partial charge in [0.1, 0.15) is 11.2 Å². The Morgan fingerprint density at radius 1 is 0.744 bits per heavy atom. The average molecular weight is 583 g/mol. The topological polar surface area (TPSA) is 53.0 Å². The number of allylic oxidation sites excluding steroid dienone is 16. The lowest BCUT2D eigenvalue weighted by Gasteiger charge is -2.39. The molecule has 3 aliphatic rings. The fourth-order valence-electron chi connectivity index (χ4n) is 6.88. The van der Waals surface area contributed by atoms with E-state index in [0.717, 1.165) is 30.4 Å². The van der Waals surface area contributed by atoms with Gasteiger partial charge in [-0.3, -0.25) is 0 Å². The van der Waals surface area contributed by atoms with E-state index in [1.165, 1.54) is 22.3 Å². The highest BCUT2D eigenvalue weighted by Gasteiger charge is 2.74. The summed E-state index contributed by atoms with van der Waals surface area (Å²) in [6, 6.07) is 0. The summed E-state index contributed by atoms with van der Waals surface area (Å²) in [6.45, 7) is 21.2. The Balaban J connectivity index is 1.51. The summed E-state index contributed by atoms with van der Waals surface area (Å²) in [5, 5.41) is 20.3. The maximum absolute atomic E-state index is 10.2. The first kappa shape index (κ1) is 34.6. The van der Waals surface area contributed by atoms with Gasteiger partial charge in [0.25, 0.3) is 0 Å². The highest BCUT2D eigenvalue weighted by atomic mass is 16.6. The first-order valence-corrected chi connectivity index (χ1v) is 15.7. The van der Waals surface area contributed by atoms with Gasteiger partial charge in [0.2, 0.25) is 0 Å². The van der Waals surface area contributed by atoms with Crippen molar-refractivity contribution in [2.45, 2.75) is 118 Å². The van der Waals surface area contributed by atoms with Gasteiger partial charge in [-0.1, -0.05) is 129 Å². The number of hydrogen-bond acceptors (Lipinski definition) is 3. The van der Waals surface area contributed by atoms with Crippen LogP contribution >= 0.6 is 0 Å². The summed E-state index contributed by atoms with van der Waals surface area (Å²) < 4.78 is 6.24. The Hall–Kier alpha value is -2.90. The number of hydrogen-bond donors (Lipinski definition) is 2. The van der Waals surface area contributed by atoms with Crippen LogP contribution in [0, 0.1) is 22.7 Å². The molecular weight excluding hydrogens is 528 g/mol. The van der Waals surface area contributed by atoms with Crippen LogP contribution in [0.4, 0.5) is 0 Å². The second kappa shape index (κ2) is 13.8. The molecule has 43 heavy (non-hydrogen) atoms. The maximum atomic E-state index is 10.2. The van der Waals surface area contributed by atoms with Crippen molar-refractivity contribution in [2.24, 2.45) is 10.8 Å². The summed E-state index contributed by atoms with van der Waals surface area (Å²) in [5.74, 6) is 6.68. The average Bonchev–Trinajstić information content (AvgIpc) is 3.49. The van der Waals surface area contributed by atoms with Crippen LogP contribution in [0.1, 0.15) is 94.9 Å². The SMILES string of the molecule is CC1=C(C#C/C(C)=C/C=C/C(C)=C/C=C/C=C(C)/C=C/C=C(C)/C=C/C23OC2(C)CC(O)CC3(C)C)C(C)(C)CC(O)C1. The predicted molar refractivity (Wildman–Crippen MR) is 182 cm³/mol. The van der Waals surface area contributed by atoms with Crippen LogP contribution in [0.3, 0.4) is 0 Å². The molecule has 0 amide bonds. The number of fused-ring (bicyclic) bond motifs is 1. The molecule has 2 aliphatic carbocycles. The number of epoxide rings is 1. The van der Waals surface area contributed by atoms with Gasteiger partial charge in [-0.05, 0) is 72.5 Å². The molecule has 1 heterocycles. The third kappa shape index (κ3) is 8.82. The van der Waals surface area contributed by atoms with E-state index in [2.05, 4.69) is 135 Å². The first-order chi connectivity index (χ1) is 20.0. The molecule has 1 saturated heterocycles. The van der Waals surface area contributed by atoms with Crippen molar-refractivity contribution in [3.8, 4) is 11.8 Å². The van der Waals surface area contributed by atoms with Gasteiger partial charge in [0, 0.05) is 22.8 Å². The van der Waals surface area contributed by atoms with Crippen molar-refractivity contribution in [3.05, 3.63) is 106 Å². The van der Waals surface area contributed by atoms with Gasteiger partial charge in [-0.25, -0.2) is 0 Å². The summed E-state index contributed by atoms with van der Waals surface area (Å²) in [6.07, 6.45) is 27.5. The molecule has 0 aromatic rings. The quantitative estimate of drug-likeness (QED) is 0.170. The zero-order valence-corrected chi connectivity index (χ0v) is 28.2. The predicted octanol–water partition coefficient (Wildman–Crippen LogP) is 9.21. The molecule has 4 unspecified atom stereocenters. The molecule has 0 aromatic carbocycles. The van der Waals surface area contributed by atoms with E-state index in [0.29, 0.717) is 6.42 Å². The number of aliphatic hydroxyl groups excluding tert-OH is 2. The first-order valence-electron chi connectivity index (χ1n) is 15.7. The second-order valence-corrected chi connectivity index (χ2v) is 14.4. The molecule has 1 saturated carbocycles. The van der Waals surface area contributed by atoms with E-state index in [-0.39, 0.29) is 34.2 Å². The van der Waals surface area contributed by atoms with E-state index in [9.17, 15) is 10.2 Å². The van der Waals surface area contributed by atoms with Gasteiger partial charge in [-0.15, -0.1) is 0 Å². The van der Waals surface area contributed by atoms with E-state index in [4.69, 9.17) is 4.74 Å². The smallest absolute Gasteiger partial charge is 0.121 e. The lowest BCUT2D eigenvalue weighted by molar-refractivity contribution is 0.0515. The molecule has 3 heteroatoms. The van der Waals surface area contributed by atoms with E-state index in [1.807, 2.05) is 19.1 Å². The normalized spacial score (nSPS) is 31.7. The largest absolute Gasteiger partial charge is 0.393 e. The minimum Gasteiger partial charge on any atom is -0.393 e. The van der Waals surface area contributed by atoms with Crippen molar-refractivity contribution in [2.75, 3.05) is 0 Å². The summed E-state index contributed by atoms with van der Waals surface area (Å²) in [4.78, 5) is 0. The Labute approximate surface area is 261 Å². The van der Waals surface area contributed by atoms with Crippen LogP contribution in [0.15, 0.2) is 106 Å². The molecule has 0 spiro atoms. The fraction of sp³-hybridized carbons (Fsp3) is 0.500. The Morgan fingerprint density at radius 3 is 1.88 bits per heavy atom. The van der Waals surface area contributed by atoms with Crippen LogP contribution in [0.25, 0.3) is 0 Å². The van der Waals surface area contributed by atoms with Crippen molar-refractivity contribution in [1.82, 2.24) is 0 Å². The fourth-order valence-corrected chi connectivity index (χ4v) is 6.88. The molecule has 1 aliphatic heterocycles. The molecule has 0 bridgehead atoms. The molecule has 4 atom stereocenters. The van der Waals surface area contributed by atoms with Crippen LogP contribution in [-0.4, -0.2) is 33.6 Å². The van der Waals surface area contributed by atoms with Crippen molar-refractivity contribution in [1.29, 1.82) is 0 Å². The van der Waals surface area contributed by atoms with Crippen molar-refractivity contribution >= 4 is 0 Å². The third-order valence-corrected chi connectivity index (χ3v) is 9.12. The van der Waals surface area contributed by atoms with Crippen LogP contribution < -0.4 is 0 Å². The summed E-state index contributed by atoms with van der Waals surface area (Å²) >= 11 is 0. The number of aliphatic hydroxyl groups is 2. The molecule has 0 aromatic heterocycles. The summed E-state index contributed by atoms with van der Waals surface area (Å²) in [7, 11) is 0. The highest BCUT2D eigenvalue weighted by molar-refractivity contribution is 5.45. The van der Waals surface area contributed by atoms with Crippen molar-refractivity contribution < 1.29 is 14.9 Å². The van der Waals surface area contributed by atoms with Crippen LogP contribution in [0.2, 0.25) is 0 Å². The van der Waals surface area contributed by atoms with Gasteiger partial charge in [0.15, 0.2) is 0 Å². The molecule has 232 valence electrons. The van der Waals surface area contributed by atoms with E-state index < -0.39 is 0 Å². The van der Waals surface area contributed by atoms with Gasteiger partial charge < -0.3 is 14.9 Å². The Morgan fingerprint density at radius 2 is 1.30 bits per heavy atom. The van der Waals surface area contributed by atoms with Gasteiger partial charge >= 0.3 is 0 Å². The number of rotatable bonds is 8. The Kier molecular flexibility index (Phi) is 11.1. The van der Waals surface area contributed by atoms with Gasteiger partial charge in [-0.2, -0.15) is 0 Å². The molecule has 2 fully saturated rings. The Bertz CT molecular complexity index is 1390. The lowest BCUT2D eigenvalue weighted by Crippen LogP contribution is -2.46. The molecule has 2 N–H and O–H groups in total. The molecule has 3 nitrogen and oxygen atoms in total. The standard InChI is InChI=1S/C40H54O3/c1-29(17-13-19-31(3)21-22-36-33(5)25-34(41)26-37(36,6)7)15-11-12-16-30(2)18-14-20-32(4)23-24-40-38(8,9)27-35(42)28-39(40,10)43-40/h11-20,23-24,34-35,41-42H,25-28H2,1-10H3/b12-11+,17-13+,18-14+,24-23+,29-15+,30-16+,31-19+,32-20+. The van der Waals surface area contributed by atoms with Gasteiger partial charge in [0.05, 0.1) is 12.2 Å². The lowest BCUT2D eigenvalue weighted by atomic mass is 9.63. The highest BCUT2D eigenvalue weighted by Crippen LogP contribution is 2.66. The molecule has 0 radical (unpaired) electrons. The van der Waals surface area contributed by atoms with Crippen LogP contribution in [-0.2, 0) is 4.74 Å². The minimum atomic E-state index is -0.294. The zero-order valence-electron chi connectivity index (χ0n) is 28.2. The second-order valence-electron chi connectivity index (χ2n) is 14.4. The van der Waals surface area contributed by atoms with E-state index >= 15 is 0 Å². The van der Waals surface area contributed by atoms with Crippen LogP contribution in [0.5, 0.6) is 0 Å². The molecule has 3 rings (SSSR count). The molecular formula is C40H54O3. The maximum Gasteiger partial charge on any atom is 0.121 e. The third-order valence-electron chi connectivity index (χ3n) is 9.12. The van der Waals surface area contributed by atoms with Crippen molar-refractivity contribution in [3.63, 3.8) is 0 Å². The minimum absolute atomic E-state index is 0.0842.